The Morgan fingerprint density at radius 2 is 1.72 bits per heavy atom. The molecule has 11 nitrogen and oxygen atoms in total. The van der Waals surface area contributed by atoms with E-state index >= 15 is 0 Å². The van der Waals surface area contributed by atoms with E-state index in [1.807, 2.05) is 0 Å². The summed E-state index contributed by atoms with van der Waals surface area (Å²) < 4.78 is 57.4. The number of halogens is 1. The Morgan fingerprint density at radius 1 is 1.03 bits per heavy atom. The fourth-order valence-corrected chi connectivity index (χ4v) is 5.50. The van der Waals surface area contributed by atoms with E-state index in [4.69, 9.17) is 11.6 Å². The van der Waals surface area contributed by atoms with Gasteiger partial charge in [-0.25, -0.2) is 8.42 Å². The molecule has 0 unspecified atom stereocenters. The maximum Gasteiger partial charge on any atom is 0.296 e. The van der Waals surface area contributed by atoms with Crippen molar-refractivity contribution in [2.24, 2.45) is 10.2 Å². The maximum absolute atomic E-state index is 12.1. The second kappa shape index (κ2) is 10.8. The summed E-state index contributed by atoms with van der Waals surface area (Å²) in [6.45, 7) is 1.67. The molecule has 36 heavy (non-hydrogen) atoms. The van der Waals surface area contributed by atoms with Crippen molar-refractivity contribution in [3.8, 4) is 5.75 Å². The van der Waals surface area contributed by atoms with Crippen LogP contribution in [-0.4, -0.2) is 56.8 Å². The first-order chi connectivity index (χ1) is 16.8. The SMILES string of the molecule is CNc1ccc2c(O)c(N=Nc3cc(NC(=O)CS(=O)(=O)CCCl)ccc3C)c(S(=O)(=O)O)cc2c1. The lowest BCUT2D eigenvalue weighted by Gasteiger charge is -2.11. The fraction of sp³-hybridized carbons (Fsp3) is 0.227. The molecule has 3 aromatic carbocycles. The number of nitrogens with one attached hydrogen (secondary N) is 2. The summed E-state index contributed by atoms with van der Waals surface area (Å²) in [4.78, 5) is 11.5. The van der Waals surface area contributed by atoms with Crippen molar-refractivity contribution in [1.29, 1.82) is 0 Å². The number of phenolic OH excluding ortho intramolecular Hbond substituents is 1. The number of anilines is 2. The van der Waals surface area contributed by atoms with Crippen LogP contribution in [0.25, 0.3) is 10.8 Å². The van der Waals surface area contributed by atoms with Crippen LogP contribution in [0.5, 0.6) is 5.75 Å². The average Bonchev–Trinajstić information content (AvgIpc) is 2.78. The lowest BCUT2D eigenvalue weighted by molar-refractivity contribution is -0.113. The van der Waals surface area contributed by atoms with Gasteiger partial charge in [0.25, 0.3) is 10.1 Å². The first-order valence-corrected chi connectivity index (χ1v) is 14.2. The first-order valence-electron chi connectivity index (χ1n) is 10.4. The van der Waals surface area contributed by atoms with Crippen LogP contribution in [0.15, 0.2) is 57.6 Å². The summed E-state index contributed by atoms with van der Waals surface area (Å²) >= 11 is 5.44. The summed E-state index contributed by atoms with van der Waals surface area (Å²) in [6.07, 6.45) is 0. The van der Waals surface area contributed by atoms with E-state index in [0.29, 0.717) is 16.6 Å². The molecule has 0 heterocycles. The van der Waals surface area contributed by atoms with Crippen LogP contribution in [-0.2, 0) is 24.7 Å². The number of sulfone groups is 1. The number of aromatic hydroxyl groups is 1. The normalized spacial score (nSPS) is 12.2. The Kier molecular flexibility index (Phi) is 8.19. The Hall–Kier alpha value is -3.26. The van der Waals surface area contributed by atoms with Crippen molar-refractivity contribution in [2.45, 2.75) is 11.8 Å². The van der Waals surface area contributed by atoms with E-state index in [2.05, 4.69) is 20.9 Å². The summed E-state index contributed by atoms with van der Waals surface area (Å²) in [7, 11) is -6.77. The molecule has 0 aliphatic carbocycles. The molecule has 0 atom stereocenters. The number of amides is 1. The number of hydrogen-bond donors (Lipinski definition) is 4. The van der Waals surface area contributed by atoms with Gasteiger partial charge < -0.3 is 15.7 Å². The zero-order valence-electron chi connectivity index (χ0n) is 19.2. The number of carbonyl (C=O) groups excluding carboxylic acids is 1. The Labute approximate surface area is 212 Å². The van der Waals surface area contributed by atoms with E-state index in [0.717, 1.165) is 0 Å². The lowest BCUT2D eigenvalue weighted by atomic mass is 10.1. The third-order valence-corrected chi connectivity index (χ3v) is 7.92. The molecule has 0 saturated heterocycles. The van der Waals surface area contributed by atoms with Crippen LogP contribution in [0.2, 0.25) is 0 Å². The van der Waals surface area contributed by atoms with E-state index < -0.39 is 47.9 Å². The second-order valence-electron chi connectivity index (χ2n) is 7.76. The third-order valence-electron chi connectivity index (χ3n) is 5.11. The summed E-state index contributed by atoms with van der Waals surface area (Å²) in [6, 6.07) is 10.5. The maximum atomic E-state index is 12.1. The molecule has 1 amide bonds. The van der Waals surface area contributed by atoms with Crippen molar-refractivity contribution in [2.75, 3.05) is 35.1 Å². The second-order valence-corrected chi connectivity index (χ2v) is 11.7. The predicted molar refractivity (Wildman–Crippen MR) is 138 cm³/mol. The number of carbonyl (C=O) groups is 1. The van der Waals surface area contributed by atoms with Gasteiger partial charge in [0.15, 0.2) is 15.6 Å². The number of nitrogens with zero attached hydrogens (tertiary/aromatic N) is 2. The molecule has 3 aromatic rings. The largest absolute Gasteiger partial charge is 0.505 e. The van der Waals surface area contributed by atoms with E-state index in [1.54, 1.807) is 38.2 Å². The first kappa shape index (κ1) is 27.3. The number of benzene rings is 3. The molecule has 192 valence electrons. The number of phenols is 1. The number of aryl methyl sites for hydroxylation is 1. The molecule has 3 rings (SSSR count). The van der Waals surface area contributed by atoms with Crippen molar-refractivity contribution >= 4 is 71.0 Å². The standard InChI is InChI=1S/C22H23ClN4O7S2/c1-13-3-4-16(25-20(28)12-35(30,31)8-7-23)11-18(13)26-27-21-19(36(32,33)34)10-14-9-15(24-2)5-6-17(14)22(21)29/h3-6,9-11,24,29H,7-8,12H2,1-2H3,(H,25,28)(H,32,33,34). The van der Waals surface area contributed by atoms with E-state index in [1.165, 1.54) is 18.2 Å². The number of fused-ring (bicyclic) bond motifs is 1. The lowest BCUT2D eigenvalue weighted by Crippen LogP contribution is -2.25. The molecule has 0 aliphatic rings. The molecule has 14 heteroatoms. The summed E-state index contributed by atoms with van der Waals surface area (Å²) in [5.41, 5.74) is 1.19. The zero-order chi connectivity index (χ0) is 26.7. The van der Waals surface area contributed by atoms with Crippen molar-refractivity contribution in [3.05, 3.63) is 48.0 Å². The predicted octanol–water partition coefficient (Wildman–Crippen LogP) is 4.15. The van der Waals surface area contributed by atoms with Crippen LogP contribution >= 0.6 is 11.6 Å². The van der Waals surface area contributed by atoms with Crippen LogP contribution in [0.4, 0.5) is 22.7 Å². The third kappa shape index (κ3) is 6.49. The number of azo groups is 1. The highest BCUT2D eigenvalue weighted by Crippen LogP contribution is 2.42. The highest BCUT2D eigenvalue weighted by atomic mass is 35.5. The summed E-state index contributed by atoms with van der Waals surface area (Å²) in [5.74, 6) is -2.49. The van der Waals surface area contributed by atoms with Gasteiger partial charge in [0.05, 0.1) is 11.4 Å². The number of hydrogen-bond acceptors (Lipinski definition) is 9. The molecule has 0 fully saturated rings. The Bertz CT molecular complexity index is 1570. The fourth-order valence-electron chi connectivity index (χ4n) is 3.29. The van der Waals surface area contributed by atoms with E-state index in [-0.39, 0.29) is 28.4 Å². The van der Waals surface area contributed by atoms with Gasteiger partial charge in [0.1, 0.15) is 16.3 Å². The zero-order valence-corrected chi connectivity index (χ0v) is 21.6. The van der Waals surface area contributed by atoms with Crippen molar-refractivity contribution in [1.82, 2.24) is 0 Å². The molecule has 4 N–H and O–H groups in total. The smallest absolute Gasteiger partial charge is 0.296 e. The number of rotatable bonds is 9. The van der Waals surface area contributed by atoms with Gasteiger partial charge in [0, 0.05) is 29.7 Å². The molecule has 0 radical (unpaired) electrons. The van der Waals surface area contributed by atoms with E-state index in [9.17, 15) is 31.3 Å². The van der Waals surface area contributed by atoms with Crippen LogP contribution in [0.1, 0.15) is 5.56 Å². The molecule has 0 bridgehead atoms. The van der Waals surface area contributed by atoms with Gasteiger partial charge in [-0.2, -0.15) is 13.5 Å². The Balaban J connectivity index is 2.00. The Morgan fingerprint density at radius 3 is 2.36 bits per heavy atom. The summed E-state index contributed by atoms with van der Waals surface area (Å²) in [5, 5.41) is 24.6. The van der Waals surface area contributed by atoms with Crippen LogP contribution in [0.3, 0.4) is 0 Å². The minimum absolute atomic E-state index is 0.130. The van der Waals surface area contributed by atoms with Crippen LogP contribution in [0, 0.1) is 6.92 Å². The minimum Gasteiger partial charge on any atom is -0.505 e. The number of alkyl halides is 1. The average molecular weight is 555 g/mol. The minimum atomic E-state index is -4.79. The molecule has 0 aromatic heterocycles. The van der Waals surface area contributed by atoms with Gasteiger partial charge >= 0.3 is 0 Å². The monoisotopic (exact) mass is 554 g/mol. The molecular formula is C22H23ClN4O7S2. The highest BCUT2D eigenvalue weighted by Gasteiger charge is 2.22. The molecule has 0 spiro atoms. The van der Waals surface area contributed by atoms with Crippen molar-refractivity contribution in [3.63, 3.8) is 0 Å². The molecular weight excluding hydrogens is 532 g/mol. The molecule has 0 saturated carbocycles. The van der Waals surface area contributed by atoms with Gasteiger partial charge in [-0.15, -0.1) is 16.7 Å². The van der Waals surface area contributed by atoms with Gasteiger partial charge in [0.2, 0.25) is 5.91 Å². The highest BCUT2D eigenvalue weighted by molar-refractivity contribution is 7.92. The van der Waals surface area contributed by atoms with Crippen molar-refractivity contribution < 1.29 is 31.3 Å². The quantitative estimate of drug-likeness (QED) is 0.173. The van der Waals surface area contributed by atoms with Gasteiger partial charge in [-0.05, 0) is 54.3 Å². The topological polar surface area (TPSA) is 175 Å². The van der Waals surface area contributed by atoms with Gasteiger partial charge in [-0.3, -0.25) is 9.35 Å². The van der Waals surface area contributed by atoms with Crippen LogP contribution < -0.4 is 10.6 Å². The molecule has 0 aliphatic heterocycles. The van der Waals surface area contributed by atoms with Gasteiger partial charge in [-0.1, -0.05) is 6.07 Å².